The van der Waals surface area contributed by atoms with E-state index in [0.29, 0.717) is 30.1 Å². The second-order valence-electron chi connectivity index (χ2n) is 6.77. The number of nitrogens with two attached hydrogens (primary N) is 1. The summed E-state index contributed by atoms with van der Waals surface area (Å²) >= 11 is 0. The second-order valence-corrected chi connectivity index (χ2v) is 6.77. The lowest BCUT2D eigenvalue weighted by Gasteiger charge is -2.42. The maximum Gasteiger partial charge on any atom is 0.259 e. The van der Waals surface area contributed by atoms with Crippen molar-refractivity contribution >= 4 is 5.91 Å². The van der Waals surface area contributed by atoms with Crippen molar-refractivity contribution in [3.8, 4) is 0 Å². The van der Waals surface area contributed by atoms with Crippen LogP contribution in [-0.4, -0.2) is 35.1 Å². The standard InChI is InChI=1S/C15H25N3O2/c1-9(2)13-12(10(3)17-20-13)14(19)18-7-6-11(16)15(4,5)8-18/h9,11H,6-8,16H2,1-5H3. The first-order chi connectivity index (χ1) is 9.24. The predicted molar refractivity (Wildman–Crippen MR) is 77.6 cm³/mol. The van der Waals surface area contributed by atoms with Gasteiger partial charge in [-0.15, -0.1) is 0 Å². The molecule has 2 N–H and O–H groups in total. The number of aromatic nitrogens is 1. The van der Waals surface area contributed by atoms with E-state index in [2.05, 4.69) is 19.0 Å². The molecule has 1 saturated heterocycles. The molecule has 0 aromatic carbocycles. The number of amides is 1. The van der Waals surface area contributed by atoms with Crippen molar-refractivity contribution in [1.82, 2.24) is 10.1 Å². The minimum Gasteiger partial charge on any atom is -0.360 e. The Labute approximate surface area is 120 Å². The van der Waals surface area contributed by atoms with Crippen molar-refractivity contribution in [2.24, 2.45) is 11.1 Å². The third-order valence-corrected chi connectivity index (χ3v) is 4.23. The Morgan fingerprint density at radius 3 is 2.70 bits per heavy atom. The summed E-state index contributed by atoms with van der Waals surface area (Å²) < 4.78 is 5.32. The van der Waals surface area contributed by atoms with Gasteiger partial charge in [0.1, 0.15) is 5.56 Å². The molecule has 2 heterocycles. The van der Waals surface area contributed by atoms with E-state index in [4.69, 9.17) is 10.3 Å². The van der Waals surface area contributed by atoms with Gasteiger partial charge >= 0.3 is 0 Å². The molecule has 0 radical (unpaired) electrons. The zero-order valence-corrected chi connectivity index (χ0v) is 13.1. The molecule has 0 spiro atoms. The fourth-order valence-electron chi connectivity index (χ4n) is 2.75. The lowest BCUT2D eigenvalue weighted by atomic mass is 9.79. The summed E-state index contributed by atoms with van der Waals surface area (Å²) in [6.07, 6.45) is 0.833. The third-order valence-electron chi connectivity index (χ3n) is 4.23. The van der Waals surface area contributed by atoms with Crippen molar-refractivity contribution in [3.05, 3.63) is 17.0 Å². The molecule has 20 heavy (non-hydrogen) atoms. The van der Waals surface area contributed by atoms with Gasteiger partial charge in [-0.3, -0.25) is 4.79 Å². The Hall–Kier alpha value is -1.36. The molecule has 1 aromatic heterocycles. The van der Waals surface area contributed by atoms with Crippen LogP contribution in [0.1, 0.15) is 61.8 Å². The van der Waals surface area contributed by atoms with Gasteiger partial charge in [-0.2, -0.15) is 0 Å². The molecule has 1 aromatic rings. The van der Waals surface area contributed by atoms with Gasteiger partial charge in [0.05, 0.1) is 5.69 Å². The summed E-state index contributed by atoms with van der Waals surface area (Å²) in [6.45, 7) is 11.4. The maximum atomic E-state index is 12.8. The fourth-order valence-corrected chi connectivity index (χ4v) is 2.75. The number of carbonyl (C=O) groups is 1. The highest BCUT2D eigenvalue weighted by Gasteiger charge is 2.37. The first-order valence-corrected chi connectivity index (χ1v) is 7.25. The molecule has 1 aliphatic heterocycles. The van der Waals surface area contributed by atoms with Crippen molar-refractivity contribution in [2.75, 3.05) is 13.1 Å². The van der Waals surface area contributed by atoms with E-state index in [1.165, 1.54) is 0 Å². The summed E-state index contributed by atoms with van der Waals surface area (Å²) in [5.41, 5.74) is 7.38. The summed E-state index contributed by atoms with van der Waals surface area (Å²) in [5.74, 6) is 0.850. The highest BCUT2D eigenvalue weighted by molar-refractivity contribution is 5.96. The van der Waals surface area contributed by atoms with E-state index in [1.807, 2.05) is 25.7 Å². The van der Waals surface area contributed by atoms with Gasteiger partial charge < -0.3 is 15.2 Å². The topological polar surface area (TPSA) is 72.4 Å². The lowest BCUT2D eigenvalue weighted by Crippen LogP contribution is -2.54. The molecule has 0 bridgehead atoms. The highest BCUT2D eigenvalue weighted by Crippen LogP contribution is 2.30. The molecule has 1 aliphatic rings. The molecule has 1 atom stereocenters. The Morgan fingerprint density at radius 1 is 1.50 bits per heavy atom. The van der Waals surface area contributed by atoms with Crippen molar-refractivity contribution < 1.29 is 9.32 Å². The van der Waals surface area contributed by atoms with Crippen molar-refractivity contribution in [3.63, 3.8) is 0 Å². The number of rotatable bonds is 2. The normalized spacial score (nSPS) is 22.4. The molecule has 5 nitrogen and oxygen atoms in total. The second kappa shape index (κ2) is 5.20. The number of carbonyl (C=O) groups excluding carboxylic acids is 1. The van der Waals surface area contributed by atoms with Gasteiger partial charge in [0.15, 0.2) is 5.76 Å². The molecular formula is C15H25N3O2. The first-order valence-electron chi connectivity index (χ1n) is 7.25. The number of likely N-dealkylation sites (tertiary alicyclic amines) is 1. The van der Waals surface area contributed by atoms with Gasteiger partial charge in [-0.25, -0.2) is 0 Å². The van der Waals surface area contributed by atoms with Crippen LogP contribution in [0.2, 0.25) is 0 Å². The molecule has 2 rings (SSSR count). The molecule has 0 saturated carbocycles. The largest absolute Gasteiger partial charge is 0.360 e. The first kappa shape index (κ1) is 15.0. The average Bonchev–Trinajstić information content (AvgIpc) is 2.74. The van der Waals surface area contributed by atoms with E-state index in [9.17, 15) is 4.79 Å². The van der Waals surface area contributed by atoms with E-state index in [0.717, 1.165) is 6.42 Å². The maximum absolute atomic E-state index is 12.8. The van der Waals surface area contributed by atoms with Gasteiger partial charge in [0.25, 0.3) is 5.91 Å². The van der Waals surface area contributed by atoms with Crippen LogP contribution in [0.3, 0.4) is 0 Å². The third kappa shape index (κ3) is 2.59. The summed E-state index contributed by atoms with van der Waals surface area (Å²) in [5, 5.41) is 3.96. The van der Waals surface area contributed by atoms with Gasteiger partial charge in [0, 0.05) is 25.0 Å². The van der Waals surface area contributed by atoms with Crippen LogP contribution in [0.15, 0.2) is 4.52 Å². The monoisotopic (exact) mass is 279 g/mol. The zero-order valence-electron chi connectivity index (χ0n) is 13.1. The van der Waals surface area contributed by atoms with Crippen molar-refractivity contribution in [2.45, 2.75) is 53.0 Å². The molecule has 0 aliphatic carbocycles. The van der Waals surface area contributed by atoms with Gasteiger partial charge in [0.2, 0.25) is 0 Å². The van der Waals surface area contributed by atoms with E-state index >= 15 is 0 Å². The van der Waals surface area contributed by atoms with E-state index in [1.54, 1.807) is 0 Å². The van der Waals surface area contributed by atoms with Crippen LogP contribution < -0.4 is 5.73 Å². The summed E-state index contributed by atoms with van der Waals surface area (Å²) in [7, 11) is 0. The smallest absolute Gasteiger partial charge is 0.259 e. The van der Waals surface area contributed by atoms with Crippen LogP contribution >= 0.6 is 0 Å². The van der Waals surface area contributed by atoms with E-state index in [-0.39, 0.29) is 23.3 Å². The molecule has 1 unspecified atom stereocenters. The Bertz CT molecular complexity index is 505. The Kier molecular flexibility index (Phi) is 3.91. The number of hydrogen-bond acceptors (Lipinski definition) is 4. The molecule has 1 amide bonds. The SMILES string of the molecule is Cc1noc(C(C)C)c1C(=O)N1CCC(N)C(C)(C)C1. The predicted octanol–water partition coefficient (Wildman–Crippen LogP) is 2.31. The molecule has 5 heteroatoms. The molecule has 112 valence electrons. The quantitative estimate of drug-likeness (QED) is 0.901. The Morgan fingerprint density at radius 2 is 2.15 bits per heavy atom. The number of aryl methyl sites for hydroxylation is 1. The fraction of sp³-hybridized carbons (Fsp3) is 0.733. The average molecular weight is 279 g/mol. The van der Waals surface area contributed by atoms with Crippen LogP contribution in [0.5, 0.6) is 0 Å². The van der Waals surface area contributed by atoms with Crippen LogP contribution in [-0.2, 0) is 0 Å². The minimum absolute atomic E-state index is 0.0208. The Balaban J connectivity index is 2.27. The minimum atomic E-state index is -0.0586. The van der Waals surface area contributed by atoms with Crippen LogP contribution in [0, 0.1) is 12.3 Å². The van der Waals surface area contributed by atoms with Crippen molar-refractivity contribution in [1.29, 1.82) is 0 Å². The van der Waals surface area contributed by atoms with Crippen LogP contribution in [0.25, 0.3) is 0 Å². The molecule has 1 fully saturated rings. The number of hydrogen-bond donors (Lipinski definition) is 1. The number of piperidine rings is 1. The zero-order chi connectivity index (χ0) is 15.1. The number of nitrogens with zero attached hydrogens (tertiary/aromatic N) is 2. The van der Waals surface area contributed by atoms with Crippen LogP contribution in [0.4, 0.5) is 0 Å². The van der Waals surface area contributed by atoms with Gasteiger partial charge in [-0.05, 0) is 18.8 Å². The molecular weight excluding hydrogens is 254 g/mol. The van der Waals surface area contributed by atoms with Gasteiger partial charge in [-0.1, -0.05) is 32.9 Å². The lowest BCUT2D eigenvalue weighted by molar-refractivity contribution is 0.0529. The highest BCUT2D eigenvalue weighted by atomic mass is 16.5. The summed E-state index contributed by atoms with van der Waals surface area (Å²) in [6, 6.07) is 0.139. The summed E-state index contributed by atoms with van der Waals surface area (Å²) in [4.78, 5) is 14.7. The van der Waals surface area contributed by atoms with E-state index < -0.39 is 0 Å².